The molecule has 0 saturated heterocycles. The van der Waals surface area contributed by atoms with Crippen LogP contribution < -0.4 is 15.1 Å². The molecule has 1 aromatic heterocycles. The fraction of sp³-hybridized carbons (Fsp3) is 0.348. The van der Waals surface area contributed by atoms with Gasteiger partial charge in [-0.2, -0.15) is 0 Å². The van der Waals surface area contributed by atoms with Gasteiger partial charge in [-0.15, -0.1) is 0 Å². The molecule has 28 heavy (non-hydrogen) atoms. The van der Waals surface area contributed by atoms with Crippen LogP contribution in [0.15, 0.2) is 51.7 Å². The summed E-state index contributed by atoms with van der Waals surface area (Å²) in [4.78, 5) is 14.8. The van der Waals surface area contributed by atoms with Crippen molar-refractivity contribution in [1.82, 2.24) is 4.90 Å². The minimum atomic E-state index is -0.365. The van der Waals surface area contributed by atoms with Crippen molar-refractivity contribution in [2.75, 3.05) is 33.4 Å². The van der Waals surface area contributed by atoms with Crippen molar-refractivity contribution < 1.29 is 13.9 Å². The molecule has 0 saturated carbocycles. The Morgan fingerprint density at radius 1 is 1.00 bits per heavy atom. The molecule has 0 atom stereocenters. The van der Waals surface area contributed by atoms with Gasteiger partial charge in [-0.05, 0) is 55.4 Å². The maximum absolute atomic E-state index is 12.5. The highest BCUT2D eigenvalue weighted by Gasteiger charge is 2.11. The highest BCUT2D eigenvalue weighted by Crippen LogP contribution is 2.28. The van der Waals surface area contributed by atoms with Crippen LogP contribution in [0.1, 0.15) is 19.4 Å². The Kier molecular flexibility index (Phi) is 6.37. The maximum atomic E-state index is 12.5. The first-order valence-corrected chi connectivity index (χ1v) is 9.63. The molecule has 0 amide bonds. The summed E-state index contributed by atoms with van der Waals surface area (Å²) in [6.45, 7) is 9.83. The first kappa shape index (κ1) is 20.0. The van der Waals surface area contributed by atoms with E-state index in [0.717, 1.165) is 41.9 Å². The van der Waals surface area contributed by atoms with Gasteiger partial charge in [0, 0.05) is 18.0 Å². The minimum Gasteiger partial charge on any atom is -0.497 e. The average Bonchev–Trinajstić information content (AvgIpc) is 2.71. The van der Waals surface area contributed by atoms with Gasteiger partial charge in [0.25, 0.3) is 0 Å². The zero-order valence-corrected chi connectivity index (χ0v) is 17.0. The van der Waals surface area contributed by atoms with Crippen molar-refractivity contribution in [2.24, 2.45) is 0 Å². The molecule has 2 aromatic carbocycles. The third-order valence-electron chi connectivity index (χ3n) is 5.01. The summed E-state index contributed by atoms with van der Waals surface area (Å²) >= 11 is 0. The van der Waals surface area contributed by atoms with Gasteiger partial charge in [-0.25, -0.2) is 4.79 Å². The van der Waals surface area contributed by atoms with E-state index in [4.69, 9.17) is 13.9 Å². The molecule has 5 nitrogen and oxygen atoms in total. The molecule has 3 aromatic rings. The van der Waals surface area contributed by atoms with Crippen molar-refractivity contribution in [3.05, 3.63) is 58.4 Å². The Hall–Kier alpha value is -2.79. The Labute approximate surface area is 165 Å². The second-order valence-electron chi connectivity index (χ2n) is 6.70. The van der Waals surface area contributed by atoms with Crippen LogP contribution in [0.25, 0.3) is 22.1 Å². The molecule has 0 aliphatic rings. The molecule has 148 valence electrons. The van der Waals surface area contributed by atoms with Crippen LogP contribution in [0.4, 0.5) is 0 Å². The van der Waals surface area contributed by atoms with E-state index < -0.39 is 0 Å². The lowest BCUT2D eigenvalue weighted by Crippen LogP contribution is -2.27. The van der Waals surface area contributed by atoms with Crippen molar-refractivity contribution in [3.8, 4) is 22.6 Å². The molecule has 0 aliphatic heterocycles. The van der Waals surface area contributed by atoms with Crippen LogP contribution in [0, 0.1) is 6.92 Å². The van der Waals surface area contributed by atoms with Crippen molar-refractivity contribution in [2.45, 2.75) is 20.8 Å². The Balaban J connectivity index is 1.81. The summed E-state index contributed by atoms with van der Waals surface area (Å²) in [7, 11) is 1.60. The molecule has 0 spiro atoms. The lowest BCUT2D eigenvalue weighted by atomic mass is 10.0. The molecule has 1 heterocycles. The van der Waals surface area contributed by atoms with E-state index in [-0.39, 0.29) is 5.63 Å². The summed E-state index contributed by atoms with van der Waals surface area (Å²) in [5.74, 6) is 1.47. The predicted molar refractivity (Wildman–Crippen MR) is 112 cm³/mol. The highest BCUT2D eigenvalue weighted by molar-refractivity contribution is 5.85. The first-order valence-electron chi connectivity index (χ1n) is 9.63. The second-order valence-corrected chi connectivity index (χ2v) is 6.70. The van der Waals surface area contributed by atoms with Crippen LogP contribution in [0.2, 0.25) is 0 Å². The van der Waals surface area contributed by atoms with Crippen molar-refractivity contribution in [3.63, 3.8) is 0 Å². The number of methoxy groups -OCH3 is 1. The van der Waals surface area contributed by atoms with E-state index in [1.807, 2.05) is 43.3 Å². The van der Waals surface area contributed by atoms with Gasteiger partial charge in [0.1, 0.15) is 23.7 Å². The fourth-order valence-corrected chi connectivity index (χ4v) is 3.24. The van der Waals surface area contributed by atoms with Gasteiger partial charge in [0.2, 0.25) is 0 Å². The number of aryl methyl sites for hydroxylation is 1. The molecule has 5 heteroatoms. The SMILES string of the molecule is CCN(CC)CCOc1ccc(-c2cc3c(C)cc(OC)cc3oc2=O)cc1. The van der Waals surface area contributed by atoms with Gasteiger partial charge in [0.15, 0.2) is 0 Å². The van der Waals surface area contributed by atoms with Gasteiger partial charge >= 0.3 is 5.63 Å². The molecule has 0 bridgehead atoms. The molecule has 0 N–H and O–H groups in total. The van der Waals surface area contributed by atoms with E-state index in [1.54, 1.807) is 13.2 Å². The van der Waals surface area contributed by atoms with Gasteiger partial charge < -0.3 is 18.8 Å². The van der Waals surface area contributed by atoms with Crippen LogP contribution in [0.5, 0.6) is 11.5 Å². The van der Waals surface area contributed by atoms with Crippen LogP contribution in [-0.4, -0.2) is 38.3 Å². The van der Waals surface area contributed by atoms with E-state index in [0.29, 0.717) is 23.5 Å². The van der Waals surface area contributed by atoms with Gasteiger partial charge in [-0.3, -0.25) is 0 Å². The molecule has 0 fully saturated rings. The smallest absolute Gasteiger partial charge is 0.344 e. The van der Waals surface area contributed by atoms with Crippen LogP contribution >= 0.6 is 0 Å². The van der Waals surface area contributed by atoms with Crippen molar-refractivity contribution in [1.29, 1.82) is 0 Å². The fourth-order valence-electron chi connectivity index (χ4n) is 3.24. The van der Waals surface area contributed by atoms with E-state index >= 15 is 0 Å². The minimum absolute atomic E-state index is 0.365. The third-order valence-corrected chi connectivity index (χ3v) is 5.01. The van der Waals surface area contributed by atoms with Crippen LogP contribution in [-0.2, 0) is 0 Å². The zero-order chi connectivity index (χ0) is 20.1. The van der Waals surface area contributed by atoms with Crippen LogP contribution in [0.3, 0.4) is 0 Å². The lowest BCUT2D eigenvalue weighted by Gasteiger charge is -2.18. The Morgan fingerprint density at radius 3 is 2.36 bits per heavy atom. The largest absolute Gasteiger partial charge is 0.497 e. The lowest BCUT2D eigenvalue weighted by molar-refractivity contribution is 0.223. The monoisotopic (exact) mass is 381 g/mol. The normalized spacial score (nSPS) is 11.2. The Morgan fingerprint density at radius 2 is 1.71 bits per heavy atom. The molecule has 0 radical (unpaired) electrons. The maximum Gasteiger partial charge on any atom is 0.344 e. The number of rotatable bonds is 8. The quantitative estimate of drug-likeness (QED) is 0.538. The summed E-state index contributed by atoms with van der Waals surface area (Å²) < 4.78 is 16.6. The number of ether oxygens (including phenoxy) is 2. The topological polar surface area (TPSA) is 51.9 Å². The number of hydrogen-bond acceptors (Lipinski definition) is 5. The zero-order valence-electron chi connectivity index (χ0n) is 17.0. The van der Waals surface area contributed by atoms with Crippen molar-refractivity contribution >= 4 is 11.0 Å². The number of likely N-dealkylation sites (N-methyl/N-ethyl adjacent to an activating group) is 1. The predicted octanol–water partition coefficient (Wildman–Crippen LogP) is 4.50. The second kappa shape index (κ2) is 8.93. The number of hydrogen-bond donors (Lipinski definition) is 0. The van der Waals surface area contributed by atoms with E-state index in [1.165, 1.54) is 0 Å². The standard InChI is InChI=1S/C23H27NO4/c1-5-24(6-2)11-12-27-18-9-7-17(8-10-18)21-15-20-16(3)13-19(26-4)14-22(20)28-23(21)25/h7-10,13-15H,5-6,11-12H2,1-4H3. The average molecular weight is 381 g/mol. The van der Waals surface area contributed by atoms with Gasteiger partial charge in [-0.1, -0.05) is 26.0 Å². The summed E-state index contributed by atoms with van der Waals surface area (Å²) in [5, 5.41) is 0.898. The third kappa shape index (κ3) is 4.37. The molecular weight excluding hydrogens is 354 g/mol. The highest BCUT2D eigenvalue weighted by atomic mass is 16.5. The molecule has 3 rings (SSSR count). The molecule has 0 aliphatic carbocycles. The summed E-state index contributed by atoms with van der Waals surface area (Å²) in [5.41, 5.74) is 2.51. The van der Waals surface area contributed by atoms with E-state index in [9.17, 15) is 4.79 Å². The Bertz CT molecular complexity index is 988. The summed E-state index contributed by atoms with van der Waals surface area (Å²) in [6.07, 6.45) is 0. The number of fused-ring (bicyclic) bond motifs is 1. The first-order chi connectivity index (χ1) is 13.5. The van der Waals surface area contributed by atoms with Gasteiger partial charge in [0.05, 0.1) is 12.7 Å². The number of nitrogens with zero attached hydrogens (tertiary/aromatic N) is 1. The molecular formula is C23H27NO4. The number of benzene rings is 2. The molecule has 0 unspecified atom stereocenters. The summed E-state index contributed by atoms with van der Waals surface area (Å²) in [6, 6.07) is 13.1. The van der Waals surface area contributed by atoms with E-state index in [2.05, 4.69) is 18.7 Å².